The highest BCUT2D eigenvalue weighted by Crippen LogP contribution is 2.15. The van der Waals surface area contributed by atoms with Crippen LogP contribution in [0, 0.1) is 6.92 Å². The molecule has 0 aliphatic heterocycles. The van der Waals surface area contributed by atoms with E-state index in [4.69, 9.17) is 9.47 Å². The van der Waals surface area contributed by atoms with E-state index in [1.807, 2.05) is 31.2 Å². The molecule has 1 aromatic rings. The van der Waals surface area contributed by atoms with Gasteiger partial charge in [0.2, 0.25) is 0 Å². The Morgan fingerprint density at radius 3 is 2.44 bits per heavy atom. The lowest BCUT2D eigenvalue weighted by atomic mass is 9.99. The standard InChI is InChI=1S/C14H21NO3/c1-11-5-7-12(8-6-11)18-10-9-14(2,15-3)13(16)17-4/h5-8,15H,9-10H2,1-4H3. The molecule has 18 heavy (non-hydrogen) atoms. The Balaban J connectivity index is 2.49. The summed E-state index contributed by atoms with van der Waals surface area (Å²) in [4.78, 5) is 11.6. The normalized spacial score (nSPS) is 13.8. The molecule has 1 atom stereocenters. The van der Waals surface area contributed by atoms with E-state index in [0.29, 0.717) is 13.0 Å². The van der Waals surface area contributed by atoms with Gasteiger partial charge in [-0.3, -0.25) is 4.79 Å². The first-order valence-corrected chi connectivity index (χ1v) is 5.98. The molecule has 0 heterocycles. The summed E-state index contributed by atoms with van der Waals surface area (Å²) in [6, 6.07) is 7.83. The Bertz CT molecular complexity index is 389. The lowest BCUT2D eigenvalue weighted by molar-refractivity contribution is -0.148. The summed E-state index contributed by atoms with van der Waals surface area (Å²) < 4.78 is 10.4. The van der Waals surface area contributed by atoms with Crippen molar-refractivity contribution < 1.29 is 14.3 Å². The van der Waals surface area contributed by atoms with Crippen LogP contribution < -0.4 is 10.1 Å². The second-order valence-corrected chi connectivity index (χ2v) is 4.49. The highest BCUT2D eigenvalue weighted by atomic mass is 16.5. The highest BCUT2D eigenvalue weighted by Gasteiger charge is 2.32. The number of ether oxygens (including phenoxy) is 2. The van der Waals surface area contributed by atoms with Crippen molar-refractivity contribution in [2.45, 2.75) is 25.8 Å². The maximum absolute atomic E-state index is 11.6. The summed E-state index contributed by atoms with van der Waals surface area (Å²) in [6.45, 7) is 4.28. The van der Waals surface area contributed by atoms with Gasteiger partial charge >= 0.3 is 5.97 Å². The van der Waals surface area contributed by atoms with Crippen molar-refractivity contribution in [2.24, 2.45) is 0 Å². The predicted octanol–water partition coefficient (Wildman–Crippen LogP) is 1.92. The molecule has 100 valence electrons. The number of esters is 1. The van der Waals surface area contributed by atoms with Crippen molar-refractivity contribution in [1.29, 1.82) is 0 Å². The van der Waals surface area contributed by atoms with E-state index in [0.717, 1.165) is 5.75 Å². The van der Waals surface area contributed by atoms with E-state index >= 15 is 0 Å². The molecule has 1 N–H and O–H groups in total. The molecule has 0 amide bonds. The number of likely N-dealkylation sites (N-methyl/N-ethyl adjacent to an activating group) is 1. The van der Waals surface area contributed by atoms with Crippen LogP contribution in [0.2, 0.25) is 0 Å². The minimum Gasteiger partial charge on any atom is -0.494 e. The van der Waals surface area contributed by atoms with E-state index in [-0.39, 0.29) is 5.97 Å². The van der Waals surface area contributed by atoms with Crippen LogP contribution >= 0.6 is 0 Å². The molecule has 0 aliphatic rings. The third-order valence-corrected chi connectivity index (χ3v) is 3.08. The van der Waals surface area contributed by atoms with E-state index in [2.05, 4.69) is 5.32 Å². The molecule has 0 saturated heterocycles. The maximum Gasteiger partial charge on any atom is 0.325 e. The zero-order chi connectivity index (χ0) is 13.6. The van der Waals surface area contributed by atoms with Gasteiger partial charge in [-0.25, -0.2) is 0 Å². The van der Waals surface area contributed by atoms with Gasteiger partial charge in [-0.1, -0.05) is 17.7 Å². The Kier molecular flexibility index (Phi) is 5.16. The SMILES string of the molecule is CNC(C)(CCOc1ccc(C)cc1)C(=O)OC. The summed E-state index contributed by atoms with van der Waals surface area (Å²) in [5, 5.41) is 2.97. The van der Waals surface area contributed by atoms with Crippen LogP contribution in [0.3, 0.4) is 0 Å². The van der Waals surface area contributed by atoms with Gasteiger partial charge in [-0.15, -0.1) is 0 Å². The fourth-order valence-electron chi connectivity index (χ4n) is 1.56. The van der Waals surface area contributed by atoms with Crippen molar-refractivity contribution >= 4 is 5.97 Å². The molecule has 1 aromatic carbocycles. The fraction of sp³-hybridized carbons (Fsp3) is 0.500. The zero-order valence-corrected chi connectivity index (χ0v) is 11.4. The molecule has 0 aliphatic carbocycles. The minimum atomic E-state index is -0.709. The van der Waals surface area contributed by atoms with Gasteiger partial charge < -0.3 is 14.8 Å². The summed E-state index contributed by atoms with van der Waals surface area (Å²) in [5.74, 6) is 0.529. The van der Waals surface area contributed by atoms with Gasteiger partial charge in [0.15, 0.2) is 0 Å². The molecule has 4 nitrogen and oxygen atoms in total. The van der Waals surface area contributed by atoms with Gasteiger partial charge in [0.1, 0.15) is 11.3 Å². The number of methoxy groups -OCH3 is 1. The number of hydrogen-bond donors (Lipinski definition) is 1. The average Bonchev–Trinajstić information content (AvgIpc) is 2.39. The summed E-state index contributed by atoms with van der Waals surface area (Å²) in [5.41, 5.74) is 0.483. The molecule has 0 fully saturated rings. The number of aryl methyl sites for hydroxylation is 1. The number of carbonyl (C=O) groups is 1. The minimum absolute atomic E-state index is 0.280. The number of hydrogen-bond acceptors (Lipinski definition) is 4. The van der Waals surface area contributed by atoms with Crippen LogP contribution in [0.4, 0.5) is 0 Å². The lowest BCUT2D eigenvalue weighted by Crippen LogP contribution is -2.49. The molecule has 4 heteroatoms. The Morgan fingerprint density at radius 1 is 1.33 bits per heavy atom. The average molecular weight is 251 g/mol. The molecule has 0 saturated carbocycles. The van der Waals surface area contributed by atoms with Gasteiger partial charge in [0, 0.05) is 6.42 Å². The van der Waals surface area contributed by atoms with Crippen molar-refractivity contribution in [3.63, 3.8) is 0 Å². The fourth-order valence-corrected chi connectivity index (χ4v) is 1.56. The molecule has 0 bridgehead atoms. The topological polar surface area (TPSA) is 47.6 Å². The van der Waals surface area contributed by atoms with Crippen LogP contribution in [0.25, 0.3) is 0 Å². The monoisotopic (exact) mass is 251 g/mol. The number of carbonyl (C=O) groups excluding carboxylic acids is 1. The van der Waals surface area contributed by atoms with E-state index in [1.54, 1.807) is 14.0 Å². The Labute approximate surface area is 108 Å². The Morgan fingerprint density at radius 2 is 1.94 bits per heavy atom. The van der Waals surface area contributed by atoms with Gasteiger partial charge in [-0.05, 0) is 33.0 Å². The lowest BCUT2D eigenvalue weighted by Gasteiger charge is -2.25. The summed E-state index contributed by atoms with van der Waals surface area (Å²) >= 11 is 0. The molecule has 0 radical (unpaired) electrons. The molecule has 1 unspecified atom stereocenters. The molecular weight excluding hydrogens is 230 g/mol. The van der Waals surface area contributed by atoms with Crippen molar-refractivity contribution in [1.82, 2.24) is 5.32 Å². The summed E-state index contributed by atoms with van der Waals surface area (Å²) in [7, 11) is 3.13. The van der Waals surface area contributed by atoms with E-state index in [1.165, 1.54) is 12.7 Å². The first-order valence-electron chi connectivity index (χ1n) is 5.98. The first-order chi connectivity index (χ1) is 8.51. The number of rotatable bonds is 6. The molecular formula is C14H21NO3. The molecule has 0 spiro atoms. The number of nitrogens with one attached hydrogen (secondary N) is 1. The smallest absolute Gasteiger partial charge is 0.325 e. The van der Waals surface area contributed by atoms with Crippen molar-refractivity contribution in [3.8, 4) is 5.75 Å². The Hall–Kier alpha value is -1.55. The predicted molar refractivity (Wildman–Crippen MR) is 70.8 cm³/mol. The van der Waals surface area contributed by atoms with Gasteiger partial charge in [0.05, 0.1) is 13.7 Å². The van der Waals surface area contributed by atoms with Crippen LogP contribution in [-0.2, 0) is 9.53 Å². The molecule has 1 rings (SSSR count). The zero-order valence-electron chi connectivity index (χ0n) is 11.4. The van der Waals surface area contributed by atoms with Crippen LogP contribution in [-0.4, -0.2) is 32.3 Å². The first kappa shape index (κ1) is 14.5. The highest BCUT2D eigenvalue weighted by molar-refractivity contribution is 5.80. The third-order valence-electron chi connectivity index (χ3n) is 3.08. The van der Waals surface area contributed by atoms with Crippen LogP contribution in [0.5, 0.6) is 5.75 Å². The second kappa shape index (κ2) is 6.40. The quantitative estimate of drug-likeness (QED) is 0.785. The largest absolute Gasteiger partial charge is 0.494 e. The number of benzene rings is 1. The third kappa shape index (κ3) is 3.74. The van der Waals surface area contributed by atoms with Crippen molar-refractivity contribution in [3.05, 3.63) is 29.8 Å². The van der Waals surface area contributed by atoms with Gasteiger partial charge in [-0.2, -0.15) is 0 Å². The van der Waals surface area contributed by atoms with Gasteiger partial charge in [0.25, 0.3) is 0 Å². The molecule has 0 aromatic heterocycles. The second-order valence-electron chi connectivity index (χ2n) is 4.49. The summed E-state index contributed by atoms with van der Waals surface area (Å²) in [6.07, 6.45) is 0.546. The maximum atomic E-state index is 11.6. The van der Waals surface area contributed by atoms with E-state index < -0.39 is 5.54 Å². The van der Waals surface area contributed by atoms with Crippen LogP contribution in [0.15, 0.2) is 24.3 Å². The van der Waals surface area contributed by atoms with Crippen molar-refractivity contribution in [2.75, 3.05) is 20.8 Å². The van der Waals surface area contributed by atoms with Crippen LogP contribution in [0.1, 0.15) is 18.9 Å². The van der Waals surface area contributed by atoms with E-state index in [9.17, 15) is 4.79 Å².